The van der Waals surface area contributed by atoms with Crippen LogP contribution in [0.5, 0.6) is 0 Å². The first-order chi connectivity index (χ1) is 21.5. The Kier molecular flexibility index (Phi) is 8.93. The minimum atomic E-state index is -1.22. The monoisotopic (exact) mass is 579 g/mol. The van der Waals surface area contributed by atoms with E-state index < -0.39 is 11.9 Å². The maximum Gasteiger partial charge on any atom is 0.201 e. The van der Waals surface area contributed by atoms with Crippen LogP contribution in [0.4, 0.5) is 0 Å². The fourth-order valence-electron chi connectivity index (χ4n) is 7.11. The van der Waals surface area contributed by atoms with Gasteiger partial charge in [0.2, 0.25) is 6.04 Å². The van der Waals surface area contributed by atoms with Crippen LogP contribution in [0.25, 0.3) is 0 Å². The average molecular weight is 580 g/mol. The Bertz CT molecular complexity index is 1510. The lowest BCUT2D eigenvalue weighted by Gasteiger charge is -2.44. The van der Waals surface area contributed by atoms with Gasteiger partial charge in [0.25, 0.3) is 0 Å². The maximum atomic E-state index is 5.94. The van der Waals surface area contributed by atoms with Crippen LogP contribution in [0.15, 0.2) is 146 Å². The molecule has 0 saturated carbocycles. The zero-order valence-electron chi connectivity index (χ0n) is 26.1. The van der Waals surface area contributed by atoms with Crippen LogP contribution in [-0.2, 0) is 15.9 Å². The normalized spacial score (nSPS) is 19.1. The molecular weight excluding hydrogens is 537 g/mol. The van der Waals surface area contributed by atoms with Gasteiger partial charge >= 0.3 is 0 Å². The van der Waals surface area contributed by atoms with Gasteiger partial charge in [-0.2, -0.15) is 21.9 Å². The molecule has 2 aliphatic rings. The molecule has 0 unspecified atom stereocenters. The second-order valence-electron chi connectivity index (χ2n) is 12.4. The molecule has 222 valence electrons. The Morgan fingerprint density at radius 3 is 1.50 bits per heavy atom. The van der Waals surface area contributed by atoms with Gasteiger partial charge in [-0.1, -0.05) is 140 Å². The Hall–Kier alpha value is -4.25. The Balaban J connectivity index is 0.000000162. The summed E-state index contributed by atoms with van der Waals surface area (Å²) in [4.78, 5) is 0. The van der Waals surface area contributed by atoms with Crippen molar-refractivity contribution in [3.8, 4) is 0 Å². The van der Waals surface area contributed by atoms with Crippen molar-refractivity contribution in [2.75, 3.05) is 13.2 Å². The quantitative estimate of drug-likeness (QED) is 0.209. The second-order valence-corrected chi connectivity index (χ2v) is 12.4. The molecule has 0 spiro atoms. The van der Waals surface area contributed by atoms with Gasteiger partial charge < -0.3 is 9.47 Å². The molecule has 2 atom stereocenters. The number of fused-ring (bicyclic) bond motifs is 1. The van der Waals surface area contributed by atoms with Gasteiger partial charge in [-0.3, -0.25) is 0 Å². The van der Waals surface area contributed by atoms with Gasteiger partial charge in [0.05, 0.1) is 0 Å². The molecule has 7 rings (SSSR count). The van der Waals surface area contributed by atoms with Crippen LogP contribution >= 0.6 is 0 Å². The molecule has 1 fully saturated rings. The highest BCUT2D eigenvalue weighted by molar-refractivity contribution is 7.19. The third-order valence-corrected chi connectivity index (χ3v) is 9.24. The summed E-state index contributed by atoms with van der Waals surface area (Å²) >= 11 is 0. The van der Waals surface area contributed by atoms with E-state index in [-0.39, 0.29) is 6.10 Å². The van der Waals surface area contributed by atoms with Crippen LogP contribution < -0.4 is 21.9 Å². The smallest absolute Gasteiger partial charge is 0.201 e. The van der Waals surface area contributed by atoms with Gasteiger partial charge in [0, 0.05) is 12.0 Å². The van der Waals surface area contributed by atoms with Gasteiger partial charge in [-0.15, -0.1) is 0 Å². The molecule has 5 aromatic carbocycles. The zero-order chi connectivity index (χ0) is 30.4. The molecule has 0 aromatic heterocycles. The maximum absolute atomic E-state index is 5.94. The van der Waals surface area contributed by atoms with Crippen molar-refractivity contribution in [3.63, 3.8) is 0 Å². The van der Waals surface area contributed by atoms with E-state index in [0.717, 1.165) is 19.6 Å². The van der Waals surface area contributed by atoms with Crippen molar-refractivity contribution in [3.05, 3.63) is 157 Å². The fourth-order valence-corrected chi connectivity index (χ4v) is 7.11. The molecule has 0 bridgehead atoms. The highest BCUT2D eigenvalue weighted by Gasteiger charge is 2.40. The van der Waals surface area contributed by atoms with E-state index in [4.69, 9.17) is 9.47 Å². The van der Waals surface area contributed by atoms with Crippen molar-refractivity contribution in [1.29, 1.82) is 0 Å². The lowest BCUT2D eigenvalue weighted by atomic mass is 9.13. The van der Waals surface area contributed by atoms with Crippen molar-refractivity contribution >= 4 is 34.2 Å². The van der Waals surface area contributed by atoms with Crippen molar-refractivity contribution in [2.24, 2.45) is 0 Å². The molecule has 3 nitrogen and oxygen atoms in total. The number of hydrogen-bond donors (Lipinski definition) is 0. The van der Waals surface area contributed by atoms with E-state index in [1.807, 2.05) is 13.8 Å². The van der Waals surface area contributed by atoms with E-state index in [9.17, 15) is 0 Å². The first-order valence-electron chi connectivity index (χ1n) is 15.9. The summed E-state index contributed by atoms with van der Waals surface area (Å²) in [7, 11) is 0. The molecule has 1 saturated heterocycles. The third-order valence-electron chi connectivity index (χ3n) is 9.24. The Labute approximate surface area is 262 Å². The summed E-state index contributed by atoms with van der Waals surface area (Å²) in [5, 5.41) is 0. The molecule has 2 heterocycles. The van der Waals surface area contributed by atoms with Crippen LogP contribution in [0.2, 0.25) is 0 Å². The number of nitrogens with zero attached hydrogens (tertiary/aromatic N) is 1. The topological polar surface area (TPSA) is 21.5 Å². The first-order valence-corrected chi connectivity index (χ1v) is 15.9. The molecule has 0 aliphatic carbocycles. The van der Waals surface area contributed by atoms with Gasteiger partial charge in [-0.25, -0.2) is 4.58 Å². The van der Waals surface area contributed by atoms with Gasteiger partial charge in [-0.05, 0) is 32.4 Å². The second kappa shape index (κ2) is 13.2. The van der Waals surface area contributed by atoms with Crippen LogP contribution in [0.1, 0.15) is 31.9 Å². The van der Waals surface area contributed by atoms with Gasteiger partial charge in [0.1, 0.15) is 25.4 Å². The number of benzene rings is 5. The summed E-state index contributed by atoms with van der Waals surface area (Å²) in [6.45, 7) is 7.87. The Morgan fingerprint density at radius 1 is 0.614 bits per heavy atom. The summed E-state index contributed by atoms with van der Waals surface area (Å²) in [6, 6.07) is 52.4. The van der Waals surface area contributed by atoms with E-state index in [1.54, 1.807) is 0 Å². The van der Waals surface area contributed by atoms with Gasteiger partial charge in [0.15, 0.2) is 12.0 Å². The number of hydrogen-bond acceptors (Lipinski definition) is 2. The van der Waals surface area contributed by atoms with E-state index in [0.29, 0.717) is 6.04 Å². The largest absolute Gasteiger partial charge is 0.344 e. The summed E-state index contributed by atoms with van der Waals surface area (Å²) < 4.78 is 14.1. The third kappa shape index (κ3) is 6.19. The number of ether oxygens (including phenoxy) is 2. The fraction of sp³-hybridized carbons (Fsp3) is 0.225. The minimum absolute atomic E-state index is 0.185. The van der Waals surface area contributed by atoms with Crippen molar-refractivity contribution < 1.29 is 14.0 Å². The molecule has 0 N–H and O–H groups in total. The van der Waals surface area contributed by atoms with E-state index >= 15 is 0 Å². The highest BCUT2D eigenvalue weighted by atomic mass is 16.7. The number of rotatable bonds is 5. The van der Waals surface area contributed by atoms with E-state index in [2.05, 4.69) is 163 Å². The first kappa shape index (κ1) is 29.8. The molecule has 4 heteroatoms. The predicted molar refractivity (Wildman–Crippen MR) is 185 cm³/mol. The summed E-state index contributed by atoms with van der Waals surface area (Å²) in [6.07, 6.45) is 2.32. The lowest BCUT2D eigenvalue weighted by molar-refractivity contribution is -0.592. The zero-order valence-corrected chi connectivity index (χ0v) is 26.1. The molecule has 2 aliphatic heterocycles. The average Bonchev–Trinajstić information content (AvgIpc) is 3.07. The standard InChI is InChI=1S/C24H20B.C16H22NO2/c1-5-13-21(14-6-1)25(22-15-7-2-8-16-22,23-17-9-3-10-18-23)24-19-11-4-12-20-24;1-12-15(11-18-16(2,3)19-12)17-9-8-13-6-4-5-7-14(13)10-17/h1-20H;4-7,10,12,15H,8-9,11H2,1-3H3/q-1;+1/t;12-,15-/m.1/s1. The van der Waals surface area contributed by atoms with Crippen molar-refractivity contribution in [2.45, 2.75) is 45.1 Å². The van der Waals surface area contributed by atoms with Crippen LogP contribution in [0.3, 0.4) is 0 Å². The molecule has 44 heavy (non-hydrogen) atoms. The van der Waals surface area contributed by atoms with Crippen LogP contribution in [-0.4, -0.2) is 48.0 Å². The molecule has 0 radical (unpaired) electrons. The highest BCUT2D eigenvalue weighted by Crippen LogP contribution is 2.25. The predicted octanol–water partition coefficient (Wildman–Crippen LogP) is 5.28. The van der Waals surface area contributed by atoms with E-state index in [1.165, 1.54) is 33.0 Å². The minimum Gasteiger partial charge on any atom is -0.344 e. The molecule has 5 aromatic rings. The summed E-state index contributed by atoms with van der Waals surface area (Å²) in [5.41, 5.74) is 8.12. The molecular formula is C40H42BNO2. The SMILES string of the molecule is C[C@H]1OC(C)(C)OC[C@H]1[N+]1=Cc2ccccc2CC1.c1ccc([B-](c2ccccc2)(c2ccccc2)c2ccccc2)cc1. The summed E-state index contributed by atoms with van der Waals surface area (Å²) in [5.74, 6) is -0.455. The van der Waals surface area contributed by atoms with Crippen molar-refractivity contribution in [1.82, 2.24) is 0 Å². The lowest BCUT2D eigenvalue weighted by Crippen LogP contribution is -2.74. The van der Waals surface area contributed by atoms with Crippen LogP contribution in [0, 0.1) is 0 Å². The Morgan fingerprint density at radius 2 is 1.05 bits per heavy atom. The molecule has 0 amide bonds.